The zero-order chi connectivity index (χ0) is 21.8. The fourth-order valence-corrected chi connectivity index (χ4v) is 4.20. The molecule has 1 aromatic heterocycles. The molecule has 162 valence electrons. The number of nitrogens with zero attached hydrogens (tertiary/aromatic N) is 1. The van der Waals surface area contributed by atoms with Crippen LogP contribution in [0.15, 0.2) is 53.3 Å². The number of hydrogen-bond acceptors (Lipinski definition) is 3. The molecule has 3 aromatic rings. The van der Waals surface area contributed by atoms with E-state index in [0.29, 0.717) is 30.3 Å². The van der Waals surface area contributed by atoms with Crippen LogP contribution in [0.2, 0.25) is 0 Å². The highest BCUT2D eigenvalue weighted by Crippen LogP contribution is 2.19. The first-order chi connectivity index (χ1) is 15.0. The molecule has 1 aliphatic rings. The molecular weight excluding hydrogens is 406 g/mol. The van der Waals surface area contributed by atoms with E-state index in [4.69, 9.17) is 17.0 Å². The van der Waals surface area contributed by atoms with Gasteiger partial charge in [0.25, 0.3) is 5.56 Å². The van der Waals surface area contributed by atoms with Gasteiger partial charge in [0.05, 0.1) is 12.6 Å². The lowest BCUT2D eigenvalue weighted by atomic mass is 10.0. The first-order valence-electron chi connectivity index (χ1n) is 10.8. The quantitative estimate of drug-likeness (QED) is 0.569. The normalized spacial score (nSPS) is 15.9. The number of nitrogens with one attached hydrogen (secondary N) is 2. The number of ether oxygens (including phenoxy) is 1. The van der Waals surface area contributed by atoms with Crippen molar-refractivity contribution in [2.24, 2.45) is 0 Å². The molecule has 2 N–H and O–H groups in total. The van der Waals surface area contributed by atoms with Crippen molar-refractivity contribution < 1.29 is 4.74 Å². The standard InChI is InChI=1S/C25H29N3O2S/c1-17-11-20-13-21(24(29)27-23(20)12-18(17)2)15-28(16-22-9-6-10-30-22)25(31)26-14-19-7-4-3-5-8-19/h3-5,7-8,11-13,22H,6,9-10,14-16H2,1-2H3,(H,26,31)(H,27,29)/t22-/m0/s1. The van der Waals surface area contributed by atoms with Crippen LogP contribution in [0.4, 0.5) is 0 Å². The van der Waals surface area contributed by atoms with Crippen molar-refractivity contribution in [1.29, 1.82) is 0 Å². The molecule has 0 amide bonds. The summed E-state index contributed by atoms with van der Waals surface area (Å²) in [6.45, 7) is 6.70. The molecule has 0 saturated carbocycles. The maximum Gasteiger partial charge on any atom is 0.253 e. The number of fused-ring (bicyclic) bond motifs is 1. The Morgan fingerprint density at radius 1 is 1.19 bits per heavy atom. The highest BCUT2D eigenvalue weighted by molar-refractivity contribution is 7.80. The summed E-state index contributed by atoms with van der Waals surface area (Å²) in [6.07, 6.45) is 2.23. The minimum absolute atomic E-state index is 0.0704. The number of thiocarbonyl (C=S) groups is 1. The number of aromatic nitrogens is 1. The lowest BCUT2D eigenvalue weighted by Gasteiger charge is -2.28. The van der Waals surface area contributed by atoms with Crippen molar-refractivity contribution in [2.75, 3.05) is 13.2 Å². The predicted molar refractivity (Wildman–Crippen MR) is 129 cm³/mol. The lowest BCUT2D eigenvalue weighted by molar-refractivity contribution is 0.0896. The van der Waals surface area contributed by atoms with E-state index in [2.05, 4.69) is 47.2 Å². The van der Waals surface area contributed by atoms with Gasteiger partial charge in [0, 0.05) is 30.8 Å². The van der Waals surface area contributed by atoms with E-state index >= 15 is 0 Å². The first kappa shape index (κ1) is 21.5. The van der Waals surface area contributed by atoms with Crippen LogP contribution in [0.5, 0.6) is 0 Å². The first-order valence-corrected chi connectivity index (χ1v) is 11.2. The molecule has 1 fully saturated rings. The fourth-order valence-electron chi connectivity index (χ4n) is 3.98. The maximum atomic E-state index is 12.8. The van der Waals surface area contributed by atoms with Gasteiger partial charge in [0.2, 0.25) is 0 Å². The molecule has 0 spiro atoms. The zero-order valence-corrected chi connectivity index (χ0v) is 18.9. The van der Waals surface area contributed by atoms with Crippen molar-refractivity contribution >= 4 is 28.2 Å². The van der Waals surface area contributed by atoms with E-state index in [1.807, 2.05) is 30.3 Å². The molecule has 1 atom stereocenters. The molecule has 0 radical (unpaired) electrons. The van der Waals surface area contributed by atoms with Crippen molar-refractivity contribution in [3.05, 3.63) is 81.1 Å². The van der Waals surface area contributed by atoms with Gasteiger partial charge in [-0.25, -0.2) is 0 Å². The van der Waals surface area contributed by atoms with Crippen molar-refractivity contribution in [3.63, 3.8) is 0 Å². The van der Waals surface area contributed by atoms with Gasteiger partial charge in [0.15, 0.2) is 5.11 Å². The monoisotopic (exact) mass is 435 g/mol. The minimum Gasteiger partial charge on any atom is -0.376 e. The molecular formula is C25H29N3O2S. The molecule has 0 unspecified atom stereocenters. The van der Waals surface area contributed by atoms with E-state index in [-0.39, 0.29) is 11.7 Å². The summed E-state index contributed by atoms with van der Waals surface area (Å²) in [6, 6.07) is 16.3. The molecule has 6 heteroatoms. The van der Waals surface area contributed by atoms with Gasteiger partial charge in [-0.05, 0) is 79.2 Å². The Balaban J connectivity index is 1.56. The van der Waals surface area contributed by atoms with Gasteiger partial charge in [0.1, 0.15) is 0 Å². The van der Waals surface area contributed by atoms with E-state index in [1.165, 1.54) is 11.1 Å². The largest absolute Gasteiger partial charge is 0.376 e. The molecule has 1 saturated heterocycles. The second-order valence-electron chi connectivity index (χ2n) is 8.31. The number of aryl methyl sites for hydroxylation is 2. The van der Waals surface area contributed by atoms with Gasteiger partial charge in [-0.15, -0.1) is 0 Å². The number of hydrogen-bond donors (Lipinski definition) is 2. The second-order valence-corrected chi connectivity index (χ2v) is 8.69. The number of pyridine rings is 1. The Kier molecular flexibility index (Phi) is 6.68. The average Bonchev–Trinajstić information content (AvgIpc) is 3.27. The minimum atomic E-state index is -0.0704. The van der Waals surface area contributed by atoms with Crippen LogP contribution in [0.25, 0.3) is 10.9 Å². The highest BCUT2D eigenvalue weighted by atomic mass is 32.1. The molecule has 4 rings (SSSR count). The summed E-state index contributed by atoms with van der Waals surface area (Å²) < 4.78 is 5.85. The average molecular weight is 436 g/mol. The maximum absolute atomic E-state index is 12.8. The fraction of sp³-hybridized carbons (Fsp3) is 0.360. The Hall–Kier alpha value is -2.70. The summed E-state index contributed by atoms with van der Waals surface area (Å²) in [5.74, 6) is 0. The Labute approximate surface area is 188 Å². The Morgan fingerprint density at radius 3 is 2.71 bits per heavy atom. The second kappa shape index (κ2) is 9.62. The van der Waals surface area contributed by atoms with Gasteiger partial charge >= 0.3 is 0 Å². The highest BCUT2D eigenvalue weighted by Gasteiger charge is 2.22. The van der Waals surface area contributed by atoms with Crippen LogP contribution >= 0.6 is 12.2 Å². The Morgan fingerprint density at radius 2 is 1.97 bits per heavy atom. The van der Waals surface area contributed by atoms with Crippen LogP contribution in [-0.4, -0.2) is 34.3 Å². The molecule has 0 bridgehead atoms. The van der Waals surface area contributed by atoms with E-state index in [1.54, 1.807) is 0 Å². The third kappa shape index (κ3) is 5.32. The van der Waals surface area contributed by atoms with Crippen molar-refractivity contribution in [3.8, 4) is 0 Å². The summed E-state index contributed by atoms with van der Waals surface area (Å²) in [4.78, 5) is 17.9. The molecule has 0 aliphatic carbocycles. The van der Waals surface area contributed by atoms with E-state index in [9.17, 15) is 4.79 Å². The molecule has 2 aromatic carbocycles. The number of benzene rings is 2. The van der Waals surface area contributed by atoms with Crippen LogP contribution < -0.4 is 10.9 Å². The Bertz CT molecular complexity index is 1120. The third-order valence-corrected chi connectivity index (χ3v) is 6.32. The van der Waals surface area contributed by atoms with Crippen LogP contribution in [-0.2, 0) is 17.8 Å². The summed E-state index contributed by atoms with van der Waals surface area (Å²) in [5.41, 5.74) is 5.05. The lowest BCUT2D eigenvalue weighted by Crippen LogP contribution is -2.43. The molecule has 2 heterocycles. The summed E-state index contributed by atoms with van der Waals surface area (Å²) in [7, 11) is 0. The van der Waals surface area contributed by atoms with Gasteiger partial charge in [-0.1, -0.05) is 30.3 Å². The molecule has 5 nitrogen and oxygen atoms in total. The van der Waals surface area contributed by atoms with Crippen LogP contribution in [0.1, 0.15) is 35.1 Å². The van der Waals surface area contributed by atoms with E-state index in [0.717, 1.165) is 35.9 Å². The smallest absolute Gasteiger partial charge is 0.253 e. The number of rotatable bonds is 6. The molecule has 1 aliphatic heterocycles. The van der Waals surface area contributed by atoms with Gasteiger partial charge in [-0.2, -0.15) is 0 Å². The van der Waals surface area contributed by atoms with Crippen LogP contribution in [0, 0.1) is 13.8 Å². The van der Waals surface area contributed by atoms with Crippen molar-refractivity contribution in [2.45, 2.75) is 45.9 Å². The topological polar surface area (TPSA) is 57.4 Å². The third-order valence-electron chi connectivity index (χ3n) is 5.92. The number of aromatic amines is 1. The van der Waals surface area contributed by atoms with E-state index < -0.39 is 0 Å². The molecule has 31 heavy (non-hydrogen) atoms. The summed E-state index contributed by atoms with van der Waals surface area (Å²) >= 11 is 5.73. The zero-order valence-electron chi connectivity index (χ0n) is 18.1. The van der Waals surface area contributed by atoms with Crippen LogP contribution in [0.3, 0.4) is 0 Å². The van der Waals surface area contributed by atoms with Gasteiger partial charge in [-0.3, -0.25) is 4.79 Å². The van der Waals surface area contributed by atoms with Gasteiger partial charge < -0.3 is 19.9 Å². The number of H-pyrrole nitrogens is 1. The predicted octanol–water partition coefficient (Wildman–Crippen LogP) is 4.20. The van der Waals surface area contributed by atoms with Crippen molar-refractivity contribution in [1.82, 2.24) is 15.2 Å². The SMILES string of the molecule is Cc1cc2cc(CN(C[C@@H]3CCCO3)C(=S)NCc3ccccc3)c(=O)[nH]c2cc1C. The summed E-state index contributed by atoms with van der Waals surface area (Å²) in [5, 5.41) is 5.03.